The molecule has 7 nitrogen and oxygen atoms in total. The van der Waals surface area contributed by atoms with E-state index in [9.17, 15) is 4.79 Å². The molecule has 23 heavy (non-hydrogen) atoms. The van der Waals surface area contributed by atoms with Crippen molar-refractivity contribution < 1.29 is 9.21 Å². The lowest BCUT2D eigenvalue weighted by atomic mass is 10.2. The predicted octanol–water partition coefficient (Wildman–Crippen LogP) is 1.60. The summed E-state index contributed by atoms with van der Waals surface area (Å²) < 4.78 is 5.74. The summed E-state index contributed by atoms with van der Waals surface area (Å²) in [7, 11) is 0. The molecule has 0 unspecified atom stereocenters. The molecule has 3 heterocycles. The van der Waals surface area contributed by atoms with Crippen LogP contribution in [0.1, 0.15) is 5.89 Å². The highest BCUT2D eigenvalue weighted by Crippen LogP contribution is 2.26. The van der Waals surface area contributed by atoms with Crippen LogP contribution in [0.2, 0.25) is 5.02 Å². The number of benzene rings is 1. The molecule has 0 bridgehead atoms. The Bertz CT molecular complexity index is 734. The van der Waals surface area contributed by atoms with Crippen LogP contribution in [0.15, 0.2) is 28.7 Å². The number of rotatable bonds is 3. The summed E-state index contributed by atoms with van der Waals surface area (Å²) in [6.07, 6.45) is 0. The van der Waals surface area contributed by atoms with Gasteiger partial charge in [-0.25, -0.2) is 4.79 Å². The molecule has 4 rings (SSSR count). The fraction of sp³-hybridized carbons (Fsp3) is 0.400. The fourth-order valence-electron chi connectivity index (χ4n) is 3.06. The molecule has 1 N–H and O–H groups in total. The van der Waals surface area contributed by atoms with E-state index in [1.54, 1.807) is 6.07 Å². The summed E-state index contributed by atoms with van der Waals surface area (Å²) in [4.78, 5) is 15.7. The summed E-state index contributed by atoms with van der Waals surface area (Å²) in [5, 5.41) is 11.7. The third kappa shape index (κ3) is 2.77. The van der Waals surface area contributed by atoms with Crippen molar-refractivity contribution in [2.75, 3.05) is 26.2 Å². The Labute approximate surface area is 138 Å². The topological polar surface area (TPSA) is 74.5 Å². The number of nitrogens with one attached hydrogen (secondary N) is 1. The average molecular weight is 334 g/mol. The quantitative estimate of drug-likeness (QED) is 0.923. The second kappa shape index (κ2) is 5.82. The van der Waals surface area contributed by atoms with Gasteiger partial charge in [0.05, 0.1) is 23.2 Å². The highest BCUT2D eigenvalue weighted by molar-refractivity contribution is 6.33. The van der Waals surface area contributed by atoms with Crippen LogP contribution in [0.4, 0.5) is 4.79 Å². The molecule has 1 atom stereocenters. The summed E-state index contributed by atoms with van der Waals surface area (Å²) in [5.41, 5.74) is 0.739. The SMILES string of the molecule is O=C1NC[C@H]2CN(Cc3nnc(-c4ccccc4Cl)o3)CCN12. The molecule has 0 aliphatic carbocycles. The molecule has 2 aliphatic rings. The van der Waals surface area contributed by atoms with Gasteiger partial charge in [0.15, 0.2) is 0 Å². The molecule has 8 heteroatoms. The molecule has 2 aliphatic heterocycles. The predicted molar refractivity (Wildman–Crippen MR) is 83.9 cm³/mol. The molecule has 120 valence electrons. The van der Waals surface area contributed by atoms with Gasteiger partial charge in [0, 0.05) is 26.2 Å². The summed E-state index contributed by atoms with van der Waals surface area (Å²) in [6.45, 7) is 3.61. The number of fused-ring (bicyclic) bond motifs is 1. The maximum atomic E-state index is 11.6. The van der Waals surface area contributed by atoms with Gasteiger partial charge in [0.25, 0.3) is 0 Å². The first-order valence-corrected chi connectivity index (χ1v) is 7.92. The molecule has 2 saturated heterocycles. The van der Waals surface area contributed by atoms with E-state index in [0.29, 0.717) is 29.9 Å². The van der Waals surface area contributed by atoms with Gasteiger partial charge >= 0.3 is 6.03 Å². The first-order valence-electron chi connectivity index (χ1n) is 7.55. The lowest BCUT2D eigenvalue weighted by Gasteiger charge is -2.35. The largest absolute Gasteiger partial charge is 0.419 e. The molecule has 1 aromatic carbocycles. The number of amides is 2. The minimum Gasteiger partial charge on any atom is -0.419 e. The number of urea groups is 1. The zero-order valence-corrected chi connectivity index (χ0v) is 13.2. The molecule has 2 aromatic rings. The smallest absolute Gasteiger partial charge is 0.317 e. The van der Waals surface area contributed by atoms with Crippen molar-refractivity contribution in [1.29, 1.82) is 0 Å². The molecule has 2 fully saturated rings. The van der Waals surface area contributed by atoms with Gasteiger partial charge in [-0.2, -0.15) is 0 Å². The molecule has 0 saturated carbocycles. The first kappa shape index (κ1) is 14.5. The molecule has 1 aromatic heterocycles. The van der Waals surface area contributed by atoms with Crippen LogP contribution in [-0.2, 0) is 6.54 Å². The van der Waals surface area contributed by atoms with Crippen molar-refractivity contribution in [1.82, 2.24) is 25.3 Å². The van der Waals surface area contributed by atoms with Crippen molar-refractivity contribution >= 4 is 17.6 Å². The first-order chi connectivity index (χ1) is 11.2. The van der Waals surface area contributed by atoms with Gasteiger partial charge in [-0.15, -0.1) is 10.2 Å². The zero-order valence-electron chi connectivity index (χ0n) is 12.4. The van der Waals surface area contributed by atoms with E-state index in [4.69, 9.17) is 16.0 Å². The number of halogens is 1. The normalized spacial score (nSPS) is 21.3. The standard InChI is InChI=1S/C15H16ClN5O2/c16-12-4-2-1-3-11(12)14-19-18-13(23-14)9-20-5-6-21-10(8-20)7-17-15(21)22/h1-4,10H,5-9H2,(H,17,22)/t10-/m0/s1. The van der Waals surface area contributed by atoms with Gasteiger partial charge in [-0.3, -0.25) is 4.90 Å². The molecular formula is C15H16ClN5O2. The Morgan fingerprint density at radius 2 is 2.17 bits per heavy atom. The number of carbonyl (C=O) groups is 1. The fourth-order valence-corrected chi connectivity index (χ4v) is 3.28. The number of hydrogen-bond acceptors (Lipinski definition) is 5. The molecule has 0 spiro atoms. The van der Waals surface area contributed by atoms with E-state index in [1.807, 2.05) is 23.1 Å². The van der Waals surface area contributed by atoms with Crippen LogP contribution in [0.25, 0.3) is 11.5 Å². The van der Waals surface area contributed by atoms with Crippen LogP contribution >= 0.6 is 11.6 Å². The molecular weight excluding hydrogens is 318 g/mol. The summed E-state index contributed by atoms with van der Waals surface area (Å²) >= 11 is 6.15. The van der Waals surface area contributed by atoms with E-state index < -0.39 is 0 Å². The lowest BCUT2D eigenvalue weighted by molar-refractivity contribution is 0.110. The number of nitrogens with zero attached hydrogens (tertiary/aromatic N) is 4. The Morgan fingerprint density at radius 1 is 1.30 bits per heavy atom. The number of aromatic nitrogens is 2. The highest BCUT2D eigenvalue weighted by atomic mass is 35.5. The Morgan fingerprint density at radius 3 is 3.04 bits per heavy atom. The second-order valence-electron chi connectivity index (χ2n) is 5.75. The van der Waals surface area contributed by atoms with Crippen LogP contribution in [0.3, 0.4) is 0 Å². The van der Waals surface area contributed by atoms with E-state index >= 15 is 0 Å². The molecule has 2 amide bonds. The number of carbonyl (C=O) groups excluding carboxylic acids is 1. The van der Waals surface area contributed by atoms with Crippen LogP contribution in [0, 0.1) is 0 Å². The van der Waals surface area contributed by atoms with E-state index in [-0.39, 0.29) is 12.1 Å². The van der Waals surface area contributed by atoms with Crippen molar-refractivity contribution in [3.63, 3.8) is 0 Å². The minimum atomic E-state index is 0.0356. The van der Waals surface area contributed by atoms with Crippen molar-refractivity contribution in [2.45, 2.75) is 12.6 Å². The van der Waals surface area contributed by atoms with Crippen molar-refractivity contribution in [3.05, 3.63) is 35.2 Å². The van der Waals surface area contributed by atoms with Gasteiger partial charge in [0.2, 0.25) is 11.8 Å². The number of piperazine rings is 1. The summed E-state index contributed by atoms with van der Waals surface area (Å²) in [6, 6.07) is 7.65. The van der Waals surface area contributed by atoms with Crippen molar-refractivity contribution in [3.8, 4) is 11.5 Å². The third-order valence-electron chi connectivity index (χ3n) is 4.25. The van der Waals surface area contributed by atoms with Crippen LogP contribution in [0.5, 0.6) is 0 Å². The molecule has 0 radical (unpaired) electrons. The van der Waals surface area contributed by atoms with Gasteiger partial charge in [0.1, 0.15) is 0 Å². The Balaban J connectivity index is 1.44. The van der Waals surface area contributed by atoms with E-state index in [0.717, 1.165) is 25.2 Å². The second-order valence-corrected chi connectivity index (χ2v) is 6.16. The highest BCUT2D eigenvalue weighted by Gasteiger charge is 2.35. The third-order valence-corrected chi connectivity index (χ3v) is 4.58. The van der Waals surface area contributed by atoms with E-state index in [2.05, 4.69) is 20.4 Å². The zero-order chi connectivity index (χ0) is 15.8. The monoisotopic (exact) mass is 333 g/mol. The Hall–Kier alpha value is -2.12. The van der Waals surface area contributed by atoms with Crippen LogP contribution < -0.4 is 5.32 Å². The average Bonchev–Trinajstić information content (AvgIpc) is 3.15. The number of hydrogen-bond donors (Lipinski definition) is 1. The minimum absolute atomic E-state index is 0.0356. The maximum absolute atomic E-state index is 11.6. The van der Waals surface area contributed by atoms with E-state index in [1.165, 1.54) is 0 Å². The lowest BCUT2D eigenvalue weighted by Crippen LogP contribution is -2.51. The maximum Gasteiger partial charge on any atom is 0.317 e. The summed E-state index contributed by atoms with van der Waals surface area (Å²) in [5.74, 6) is 0.993. The van der Waals surface area contributed by atoms with Gasteiger partial charge < -0.3 is 14.6 Å². The van der Waals surface area contributed by atoms with Gasteiger partial charge in [-0.05, 0) is 12.1 Å². The van der Waals surface area contributed by atoms with Crippen LogP contribution in [-0.4, -0.2) is 58.2 Å². The van der Waals surface area contributed by atoms with Gasteiger partial charge in [-0.1, -0.05) is 23.7 Å². The van der Waals surface area contributed by atoms with Crippen molar-refractivity contribution in [2.24, 2.45) is 0 Å². The Kier molecular flexibility index (Phi) is 3.66.